The molecular formula is C12H14N2O. The predicted molar refractivity (Wildman–Crippen MR) is 58.4 cm³/mol. The molecule has 1 aromatic heterocycles. The quantitative estimate of drug-likeness (QED) is 0.713. The van der Waals surface area contributed by atoms with Gasteiger partial charge in [0.15, 0.2) is 0 Å². The Morgan fingerprint density at radius 1 is 1.00 bits per heavy atom. The van der Waals surface area contributed by atoms with Gasteiger partial charge in [0.1, 0.15) is 0 Å². The molecule has 78 valence electrons. The van der Waals surface area contributed by atoms with Gasteiger partial charge in [-0.15, -0.1) is 10.2 Å². The molecule has 0 bridgehead atoms. The van der Waals surface area contributed by atoms with Crippen molar-refractivity contribution in [2.45, 2.75) is 26.2 Å². The van der Waals surface area contributed by atoms with Crippen molar-refractivity contribution in [2.24, 2.45) is 0 Å². The average Bonchev–Trinajstić information content (AvgIpc) is 2.67. The first-order valence-corrected chi connectivity index (χ1v) is 4.97. The van der Waals surface area contributed by atoms with Crippen LogP contribution in [0.4, 0.5) is 0 Å². The molecule has 0 amide bonds. The van der Waals surface area contributed by atoms with E-state index < -0.39 is 0 Å². The first-order valence-electron chi connectivity index (χ1n) is 4.97. The van der Waals surface area contributed by atoms with Gasteiger partial charge in [-0.2, -0.15) is 0 Å². The third-order valence-corrected chi connectivity index (χ3v) is 2.09. The molecule has 3 heteroatoms. The predicted octanol–water partition coefficient (Wildman–Crippen LogP) is 3.03. The molecule has 0 aliphatic rings. The Bertz CT molecular complexity index is 440. The molecule has 15 heavy (non-hydrogen) atoms. The van der Waals surface area contributed by atoms with Crippen LogP contribution in [0.3, 0.4) is 0 Å². The van der Waals surface area contributed by atoms with Gasteiger partial charge >= 0.3 is 0 Å². The number of benzene rings is 1. The Kier molecular flexibility index (Phi) is 2.31. The number of aromatic nitrogens is 2. The number of rotatable bonds is 1. The molecule has 0 aliphatic heterocycles. The topological polar surface area (TPSA) is 38.9 Å². The minimum absolute atomic E-state index is 0.0972. The zero-order chi connectivity index (χ0) is 10.9. The van der Waals surface area contributed by atoms with Gasteiger partial charge in [0, 0.05) is 11.0 Å². The van der Waals surface area contributed by atoms with Crippen molar-refractivity contribution in [1.82, 2.24) is 10.2 Å². The van der Waals surface area contributed by atoms with Crippen LogP contribution in [-0.4, -0.2) is 10.2 Å². The van der Waals surface area contributed by atoms with Crippen LogP contribution in [0, 0.1) is 0 Å². The van der Waals surface area contributed by atoms with Gasteiger partial charge in [0.2, 0.25) is 11.8 Å². The summed E-state index contributed by atoms with van der Waals surface area (Å²) in [7, 11) is 0. The molecule has 0 unspecified atom stereocenters. The van der Waals surface area contributed by atoms with Crippen molar-refractivity contribution in [3.63, 3.8) is 0 Å². The van der Waals surface area contributed by atoms with Gasteiger partial charge in [-0.3, -0.25) is 0 Å². The first-order chi connectivity index (χ1) is 7.07. The molecular weight excluding hydrogens is 188 g/mol. The van der Waals surface area contributed by atoms with Gasteiger partial charge in [0.05, 0.1) is 0 Å². The van der Waals surface area contributed by atoms with Gasteiger partial charge in [-0.1, -0.05) is 39.0 Å². The normalized spacial score (nSPS) is 11.7. The van der Waals surface area contributed by atoms with Crippen LogP contribution in [0.25, 0.3) is 11.5 Å². The fourth-order valence-corrected chi connectivity index (χ4v) is 1.22. The van der Waals surface area contributed by atoms with E-state index in [2.05, 4.69) is 31.0 Å². The van der Waals surface area contributed by atoms with E-state index in [0.29, 0.717) is 11.8 Å². The van der Waals surface area contributed by atoms with E-state index >= 15 is 0 Å². The van der Waals surface area contributed by atoms with Crippen molar-refractivity contribution in [3.8, 4) is 11.5 Å². The lowest BCUT2D eigenvalue weighted by molar-refractivity contribution is 0.399. The maximum Gasteiger partial charge on any atom is 0.247 e. The summed E-state index contributed by atoms with van der Waals surface area (Å²) < 4.78 is 5.61. The molecule has 0 aliphatic carbocycles. The summed E-state index contributed by atoms with van der Waals surface area (Å²) in [6.45, 7) is 6.15. The smallest absolute Gasteiger partial charge is 0.247 e. The summed E-state index contributed by atoms with van der Waals surface area (Å²) in [6, 6.07) is 9.79. The second-order valence-electron chi connectivity index (χ2n) is 4.53. The van der Waals surface area contributed by atoms with Gasteiger partial charge in [-0.05, 0) is 12.1 Å². The molecule has 3 nitrogen and oxygen atoms in total. The molecule has 0 fully saturated rings. The van der Waals surface area contributed by atoms with Crippen LogP contribution in [0.15, 0.2) is 34.7 Å². The lowest BCUT2D eigenvalue weighted by Gasteiger charge is -2.10. The fourth-order valence-electron chi connectivity index (χ4n) is 1.22. The van der Waals surface area contributed by atoms with Crippen LogP contribution in [0.2, 0.25) is 0 Å². The van der Waals surface area contributed by atoms with Crippen molar-refractivity contribution in [3.05, 3.63) is 36.2 Å². The molecule has 0 N–H and O–H groups in total. The summed E-state index contributed by atoms with van der Waals surface area (Å²) in [6.07, 6.45) is 0. The summed E-state index contributed by atoms with van der Waals surface area (Å²) in [4.78, 5) is 0. The Morgan fingerprint density at radius 3 is 2.20 bits per heavy atom. The van der Waals surface area contributed by atoms with E-state index in [1.807, 2.05) is 30.3 Å². The lowest BCUT2D eigenvalue weighted by atomic mass is 9.97. The van der Waals surface area contributed by atoms with E-state index in [0.717, 1.165) is 5.56 Å². The standard InChI is InChI=1S/C12H14N2O/c1-12(2,3)11-14-13-10(15-11)9-7-5-4-6-8-9/h4-8H,1-3H3. The van der Waals surface area contributed by atoms with Crippen LogP contribution < -0.4 is 0 Å². The van der Waals surface area contributed by atoms with E-state index in [1.54, 1.807) is 0 Å². The molecule has 1 aromatic carbocycles. The van der Waals surface area contributed by atoms with E-state index in [-0.39, 0.29) is 5.41 Å². The van der Waals surface area contributed by atoms with Crippen molar-refractivity contribution in [2.75, 3.05) is 0 Å². The van der Waals surface area contributed by atoms with Gasteiger partial charge < -0.3 is 4.42 Å². The number of nitrogens with zero attached hydrogens (tertiary/aromatic N) is 2. The van der Waals surface area contributed by atoms with Crippen molar-refractivity contribution >= 4 is 0 Å². The zero-order valence-electron chi connectivity index (χ0n) is 9.19. The molecule has 2 aromatic rings. The third kappa shape index (κ3) is 2.06. The third-order valence-electron chi connectivity index (χ3n) is 2.09. The second kappa shape index (κ2) is 3.50. The van der Waals surface area contributed by atoms with Crippen molar-refractivity contribution < 1.29 is 4.42 Å². The minimum atomic E-state index is -0.0972. The molecule has 0 atom stereocenters. The molecule has 0 saturated carbocycles. The monoisotopic (exact) mass is 202 g/mol. The second-order valence-corrected chi connectivity index (χ2v) is 4.53. The highest BCUT2D eigenvalue weighted by atomic mass is 16.4. The van der Waals surface area contributed by atoms with Gasteiger partial charge in [0.25, 0.3) is 0 Å². The van der Waals surface area contributed by atoms with E-state index in [9.17, 15) is 0 Å². The summed E-state index contributed by atoms with van der Waals surface area (Å²) >= 11 is 0. The van der Waals surface area contributed by atoms with Gasteiger partial charge in [-0.25, -0.2) is 0 Å². The van der Waals surface area contributed by atoms with Crippen LogP contribution in [0.5, 0.6) is 0 Å². The molecule has 0 spiro atoms. The lowest BCUT2D eigenvalue weighted by Crippen LogP contribution is -2.11. The minimum Gasteiger partial charge on any atom is -0.420 e. The molecule has 1 heterocycles. The van der Waals surface area contributed by atoms with E-state index in [1.165, 1.54) is 0 Å². The molecule has 0 radical (unpaired) electrons. The van der Waals surface area contributed by atoms with Crippen molar-refractivity contribution in [1.29, 1.82) is 0 Å². The number of hydrogen-bond acceptors (Lipinski definition) is 3. The maximum absolute atomic E-state index is 5.61. The van der Waals surface area contributed by atoms with Crippen LogP contribution >= 0.6 is 0 Å². The summed E-state index contributed by atoms with van der Waals surface area (Å²) in [5, 5.41) is 8.08. The Labute approximate surface area is 89.2 Å². The zero-order valence-corrected chi connectivity index (χ0v) is 9.19. The average molecular weight is 202 g/mol. The molecule has 0 saturated heterocycles. The highest BCUT2D eigenvalue weighted by molar-refractivity contribution is 5.51. The van der Waals surface area contributed by atoms with Crippen LogP contribution in [0.1, 0.15) is 26.7 Å². The SMILES string of the molecule is CC(C)(C)c1nnc(-c2ccccc2)o1. The van der Waals surface area contributed by atoms with E-state index in [4.69, 9.17) is 4.42 Å². The Morgan fingerprint density at radius 2 is 1.67 bits per heavy atom. The Balaban J connectivity index is 2.37. The fraction of sp³-hybridized carbons (Fsp3) is 0.333. The maximum atomic E-state index is 5.61. The highest BCUT2D eigenvalue weighted by Crippen LogP contribution is 2.24. The largest absolute Gasteiger partial charge is 0.420 e. The summed E-state index contributed by atoms with van der Waals surface area (Å²) in [5.41, 5.74) is 0.862. The number of hydrogen-bond donors (Lipinski definition) is 0. The Hall–Kier alpha value is -1.64. The molecule has 2 rings (SSSR count). The van der Waals surface area contributed by atoms with Crippen LogP contribution in [-0.2, 0) is 5.41 Å². The highest BCUT2D eigenvalue weighted by Gasteiger charge is 2.21. The first kappa shape index (κ1) is 9.90. The summed E-state index contributed by atoms with van der Waals surface area (Å²) in [5.74, 6) is 1.25.